The van der Waals surface area contributed by atoms with Gasteiger partial charge in [-0.25, -0.2) is 0 Å². The van der Waals surface area contributed by atoms with Crippen LogP contribution in [0, 0.1) is 34.0 Å². The van der Waals surface area contributed by atoms with Gasteiger partial charge in [0.05, 0.1) is 6.17 Å². The Balaban J connectivity index is 1.53. The van der Waals surface area contributed by atoms with E-state index in [4.69, 9.17) is 0 Å². The second-order valence-corrected chi connectivity index (χ2v) is 15.7. The molecule has 8 unspecified atom stereocenters. The molecule has 2 saturated heterocycles. The fraction of sp³-hybridized carbons (Fsp3) is 0.806. The number of amides is 1. The van der Waals surface area contributed by atoms with Gasteiger partial charge in [0.1, 0.15) is 0 Å². The molecule has 2 aliphatic heterocycles. The lowest BCUT2D eigenvalue weighted by atomic mass is 9.39. The molecule has 1 amide bonds. The first kappa shape index (κ1) is 27.8. The van der Waals surface area contributed by atoms with E-state index in [2.05, 4.69) is 37.9 Å². The minimum absolute atomic E-state index is 0.0482. The van der Waals surface area contributed by atoms with Crippen molar-refractivity contribution in [2.45, 2.75) is 149 Å². The number of piperidine rings is 1. The first-order valence-corrected chi connectivity index (χ1v) is 16.9. The number of nitrogens with one attached hydrogen (secondary N) is 1. The Kier molecular flexibility index (Phi) is 7.70. The third-order valence-corrected chi connectivity index (χ3v) is 12.5. The summed E-state index contributed by atoms with van der Waals surface area (Å²) in [5.41, 5.74) is 1.47. The maximum absolute atomic E-state index is 14.6. The molecule has 1 aromatic rings. The quantitative estimate of drug-likeness (QED) is 0.391. The first-order valence-electron chi connectivity index (χ1n) is 16.9. The first-order chi connectivity index (χ1) is 18.8. The number of carbonyl (C=O) groups is 1. The van der Waals surface area contributed by atoms with Gasteiger partial charge < -0.3 is 4.90 Å². The van der Waals surface area contributed by atoms with Crippen LogP contribution < -0.4 is 5.32 Å². The molecular weight excluding hydrogens is 476 g/mol. The van der Waals surface area contributed by atoms with Gasteiger partial charge in [0.15, 0.2) is 0 Å². The Morgan fingerprint density at radius 2 is 1.51 bits per heavy atom. The van der Waals surface area contributed by atoms with Gasteiger partial charge in [-0.1, -0.05) is 103 Å². The Hall–Kier alpha value is -1.35. The van der Waals surface area contributed by atoms with Crippen molar-refractivity contribution in [3.8, 4) is 0 Å². The van der Waals surface area contributed by atoms with Crippen LogP contribution in [-0.2, 0) is 0 Å². The summed E-state index contributed by atoms with van der Waals surface area (Å²) >= 11 is 0. The molecule has 2 spiro atoms. The summed E-state index contributed by atoms with van der Waals surface area (Å²) in [4.78, 5) is 17.0. The van der Waals surface area contributed by atoms with Crippen molar-refractivity contribution in [1.82, 2.24) is 10.2 Å². The van der Waals surface area contributed by atoms with Crippen LogP contribution in [0.2, 0.25) is 0 Å². The second-order valence-electron chi connectivity index (χ2n) is 15.7. The molecule has 0 aromatic heterocycles. The van der Waals surface area contributed by atoms with Crippen molar-refractivity contribution in [1.29, 1.82) is 0 Å². The molecule has 1 N–H and O–H groups in total. The topological polar surface area (TPSA) is 32.3 Å². The van der Waals surface area contributed by atoms with Crippen LogP contribution in [0.3, 0.4) is 0 Å². The molecule has 216 valence electrons. The monoisotopic (exact) mass is 532 g/mol. The van der Waals surface area contributed by atoms with E-state index >= 15 is 0 Å². The van der Waals surface area contributed by atoms with Crippen LogP contribution in [0.15, 0.2) is 30.3 Å². The summed E-state index contributed by atoms with van der Waals surface area (Å²) in [5, 5.41) is 4.21. The molecule has 0 radical (unpaired) electrons. The molecule has 3 heteroatoms. The summed E-state index contributed by atoms with van der Waals surface area (Å²) in [6.07, 6.45) is 22.5. The molecule has 3 aliphatic carbocycles. The average Bonchev–Trinajstić information content (AvgIpc) is 3.24. The lowest BCUT2D eigenvalue weighted by Gasteiger charge is -2.67. The van der Waals surface area contributed by atoms with Crippen molar-refractivity contribution in [2.75, 3.05) is 0 Å². The largest absolute Gasteiger partial charge is 0.319 e. The van der Waals surface area contributed by atoms with E-state index in [-0.39, 0.29) is 28.9 Å². The minimum Gasteiger partial charge on any atom is -0.319 e. The van der Waals surface area contributed by atoms with Gasteiger partial charge in [0.25, 0.3) is 5.91 Å². The number of fused-ring (bicyclic) bond motifs is 3. The highest BCUT2D eigenvalue weighted by Gasteiger charge is 2.72. The molecular formula is C36H56N2O. The maximum atomic E-state index is 14.6. The minimum atomic E-state index is 0.0482. The zero-order chi connectivity index (χ0) is 27.3. The predicted octanol–water partition coefficient (Wildman–Crippen LogP) is 8.98. The normalized spacial score (nSPS) is 41.4. The van der Waals surface area contributed by atoms with E-state index in [1.165, 1.54) is 103 Å². The van der Waals surface area contributed by atoms with Crippen molar-refractivity contribution in [3.05, 3.63) is 35.9 Å². The van der Waals surface area contributed by atoms with Gasteiger partial charge in [-0.2, -0.15) is 0 Å². The Morgan fingerprint density at radius 1 is 0.846 bits per heavy atom. The Morgan fingerprint density at radius 3 is 2.26 bits per heavy atom. The second kappa shape index (κ2) is 10.8. The molecule has 39 heavy (non-hydrogen) atoms. The Labute approximate surface area is 239 Å². The molecule has 1 aromatic carbocycles. The van der Waals surface area contributed by atoms with E-state index in [1.54, 1.807) is 0 Å². The lowest BCUT2D eigenvalue weighted by Crippen LogP contribution is -2.71. The fourth-order valence-electron chi connectivity index (χ4n) is 11.1. The number of hydrogen-bond donors (Lipinski definition) is 1. The van der Waals surface area contributed by atoms with E-state index < -0.39 is 0 Å². The summed E-state index contributed by atoms with van der Waals surface area (Å²) in [6.45, 7) is 9.65. The van der Waals surface area contributed by atoms with E-state index in [0.29, 0.717) is 11.5 Å². The van der Waals surface area contributed by atoms with Crippen molar-refractivity contribution in [3.63, 3.8) is 0 Å². The van der Waals surface area contributed by atoms with Crippen molar-refractivity contribution >= 4 is 5.91 Å². The zero-order valence-corrected chi connectivity index (χ0v) is 25.5. The highest BCUT2D eigenvalue weighted by atomic mass is 16.2. The molecule has 6 rings (SSSR count). The van der Waals surface area contributed by atoms with Gasteiger partial charge in [-0.15, -0.1) is 0 Å². The third kappa shape index (κ3) is 4.71. The SMILES string of the molecule is CC1CC23CCCCCCCC(C2)C2CCCCCCC2C32CC(C(C)(C)C)N(C(=O)c3ccccc3)C2N1. The maximum Gasteiger partial charge on any atom is 0.255 e. The standard InChI is InChI=1S/C36H56N2O/c1-26-23-35-22-16-9-5-6-11-19-28(24-35)29-20-14-7-8-15-21-30(29)36(35)25-31(34(2,3)4)38(33(36)37-26)32(39)27-17-12-10-13-18-27/h10,12-13,17-18,26,28-31,33,37H,5-9,11,14-16,19-25H2,1-4H3. The van der Waals surface area contributed by atoms with Gasteiger partial charge in [-0.05, 0) is 86.2 Å². The molecule has 2 bridgehead atoms. The molecule has 3 nitrogen and oxygen atoms in total. The van der Waals surface area contributed by atoms with E-state index in [9.17, 15) is 4.79 Å². The van der Waals surface area contributed by atoms with Gasteiger partial charge in [-0.3, -0.25) is 10.1 Å². The van der Waals surface area contributed by atoms with E-state index in [0.717, 1.165) is 23.3 Å². The average molecular weight is 533 g/mol. The van der Waals surface area contributed by atoms with E-state index in [1.807, 2.05) is 30.3 Å². The van der Waals surface area contributed by atoms with Crippen LogP contribution in [0.4, 0.5) is 0 Å². The Bertz CT molecular complexity index is 999. The lowest BCUT2D eigenvalue weighted by molar-refractivity contribution is -0.183. The predicted molar refractivity (Wildman–Crippen MR) is 161 cm³/mol. The van der Waals surface area contributed by atoms with Crippen molar-refractivity contribution < 1.29 is 4.79 Å². The summed E-state index contributed by atoms with van der Waals surface area (Å²) in [7, 11) is 0. The third-order valence-electron chi connectivity index (χ3n) is 12.5. The zero-order valence-electron chi connectivity index (χ0n) is 25.5. The number of likely N-dealkylation sites (tertiary alicyclic amines) is 1. The van der Waals surface area contributed by atoms with Crippen LogP contribution in [0.5, 0.6) is 0 Å². The van der Waals surface area contributed by atoms with Gasteiger partial charge in [0, 0.05) is 23.1 Å². The van der Waals surface area contributed by atoms with Gasteiger partial charge >= 0.3 is 0 Å². The molecule has 3 saturated carbocycles. The van der Waals surface area contributed by atoms with Crippen LogP contribution >= 0.6 is 0 Å². The number of carbonyl (C=O) groups excluding carboxylic acids is 1. The fourth-order valence-corrected chi connectivity index (χ4v) is 11.1. The summed E-state index contributed by atoms with van der Waals surface area (Å²) in [5.74, 6) is 2.76. The molecule has 8 atom stereocenters. The van der Waals surface area contributed by atoms with Crippen molar-refractivity contribution in [2.24, 2.45) is 34.0 Å². The number of rotatable bonds is 1. The summed E-state index contributed by atoms with van der Waals surface area (Å²) < 4.78 is 0. The molecule has 5 aliphatic rings. The molecule has 2 heterocycles. The molecule has 5 fully saturated rings. The smallest absolute Gasteiger partial charge is 0.255 e. The summed E-state index contributed by atoms with van der Waals surface area (Å²) in [6, 6.07) is 11.0. The van der Waals surface area contributed by atoms with Crippen LogP contribution in [-0.4, -0.2) is 29.1 Å². The number of hydrogen-bond acceptors (Lipinski definition) is 2. The number of nitrogens with zero attached hydrogens (tertiary/aromatic N) is 1. The van der Waals surface area contributed by atoms with Crippen LogP contribution in [0.1, 0.15) is 141 Å². The van der Waals surface area contributed by atoms with Gasteiger partial charge in [0.2, 0.25) is 0 Å². The highest BCUT2D eigenvalue weighted by Crippen LogP contribution is 2.72. The van der Waals surface area contributed by atoms with Crippen LogP contribution in [0.25, 0.3) is 0 Å². The number of benzene rings is 1. The highest BCUT2D eigenvalue weighted by molar-refractivity contribution is 5.95.